The lowest BCUT2D eigenvalue weighted by Crippen LogP contribution is -1.93. The first-order chi connectivity index (χ1) is 10.7. The molecule has 2 aromatic heterocycles. The molecule has 4 rings (SSSR count). The molecule has 106 valence electrons. The summed E-state index contributed by atoms with van der Waals surface area (Å²) in [6.07, 6.45) is 0. The van der Waals surface area contributed by atoms with Crippen LogP contribution in [0.1, 0.15) is 5.56 Å². The topological polar surface area (TPSA) is 81.8 Å². The van der Waals surface area contributed by atoms with Crippen molar-refractivity contribution in [1.29, 1.82) is 5.26 Å². The summed E-state index contributed by atoms with van der Waals surface area (Å²) in [5.41, 5.74) is 3.14. The normalized spacial score (nSPS) is 10.9. The second kappa shape index (κ2) is 4.86. The van der Waals surface area contributed by atoms with E-state index in [0.717, 1.165) is 21.2 Å². The lowest BCUT2D eigenvalue weighted by atomic mass is 10.2. The van der Waals surface area contributed by atoms with Crippen LogP contribution in [0, 0.1) is 11.3 Å². The SMILES string of the molecule is N#Cc1ccc2c(c1)nc1nc(Nc3ccc(Br)cc3)[nH]n12. The minimum atomic E-state index is 0.560. The Balaban J connectivity index is 1.75. The van der Waals surface area contributed by atoms with Gasteiger partial charge in [0, 0.05) is 10.2 Å². The molecule has 0 atom stereocenters. The van der Waals surface area contributed by atoms with Gasteiger partial charge in [-0.3, -0.25) is 5.10 Å². The van der Waals surface area contributed by atoms with Gasteiger partial charge in [0.05, 0.1) is 22.7 Å². The highest BCUT2D eigenvalue weighted by molar-refractivity contribution is 9.10. The largest absolute Gasteiger partial charge is 0.325 e. The van der Waals surface area contributed by atoms with Crippen molar-refractivity contribution in [2.45, 2.75) is 0 Å². The molecular weight excluding hydrogens is 344 g/mol. The van der Waals surface area contributed by atoms with E-state index in [1.807, 2.05) is 30.3 Å². The fourth-order valence-electron chi connectivity index (χ4n) is 2.28. The van der Waals surface area contributed by atoms with Crippen LogP contribution in [-0.2, 0) is 0 Å². The van der Waals surface area contributed by atoms with E-state index in [9.17, 15) is 0 Å². The van der Waals surface area contributed by atoms with Gasteiger partial charge in [0.25, 0.3) is 5.78 Å². The number of hydrogen-bond acceptors (Lipinski definition) is 4. The van der Waals surface area contributed by atoms with Crippen LogP contribution in [0.2, 0.25) is 0 Å². The third-order valence-corrected chi connectivity index (χ3v) is 3.83. The molecule has 0 unspecified atom stereocenters. The molecule has 4 aromatic rings. The fraction of sp³-hybridized carbons (Fsp3) is 0. The van der Waals surface area contributed by atoms with Crippen molar-refractivity contribution in [1.82, 2.24) is 19.6 Å². The summed E-state index contributed by atoms with van der Waals surface area (Å²) < 4.78 is 2.81. The maximum Gasteiger partial charge on any atom is 0.253 e. The van der Waals surface area contributed by atoms with E-state index < -0.39 is 0 Å². The predicted molar refractivity (Wildman–Crippen MR) is 87.0 cm³/mol. The predicted octanol–water partition coefficient (Wildman–Crippen LogP) is 3.59. The Labute approximate surface area is 133 Å². The number of rotatable bonds is 2. The van der Waals surface area contributed by atoms with Gasteiger partial charge >= 0.3 is 0 Å². The summed E-state index contributed by atoms with van der Waals surface area (Å²) >= 11 is 3.40. The molecular formula is C15H9BrN6. The van der Waals surface area contributed by atoms with Crippen molar-refractivity contribution in [3.63, 3.8) is 0 Å². The third-order valence-electron chi connectivity index (χ3n) is 3.30. The second-order valence-corrected chi connectivity index (χ2v) is 5.68. The number of H-pyrrole nitrogens is 1. The van der Waals surface area contributed by atoms with Crippen molar-refractivity contribution in [2.75, 3.05) is 5.32 Å². The lowest BCUT2D eigenvalue weighted by molar-refractivity contribution is 1.01. The number of aromatic nitrogens is 4. The van der Waals surface area contributed by atoms with Crippen LogP contribution >= 0.6 is 15.9 Å². The average molecular weight is 353 g/mol. The number of imidazole rings is 1. The maximum absolute atomic E-state index is 8.93. The van der Waals surface area contributed by atoms with Crippen LogP contribution in [0.3, 0.4) is 0 Å². The van der Waals surface area contributed by atoms with Gasteiger partial charge in [0.2, 0.25) is 5.95 Å². The summed E-state index contributed by atoms with van der Waals surface area (Å²) in [5.74, 6) is 1.17. The van der Waals surface area contributed by atoms with Gasteiger partial charge in [-0.05, 0) is 42.5 Å². The number of anilines is 2. The number of benzene rings is 2. The van der Waals surface area contributed by atoms with Crippen molar-refractivity contribution in [3.8, 4) is 6.07 Å². The molecule has 22 heavy (non-hydrogen) atoms. The van der Waals surface area contributed by atoms with Crippen LogP contribution in [0.25, 0.3) is 16.8 Å². The highest BCUT2D eigenvalue weighted by Crippen LogP contribution is 2.20. The highest BCUT2D eigenvalue weighted by atomic mass is 79.9. The zero-order chi connectivity index (χ0) is 15.1. The molecule has 0 bridgehead atoms. The number of nitrogens with one attached hydrogen (secondary N) is 2. The Morgan fingerprint density at radius 3 is 2.73 bits per heavy atom. The zero-order valence-electron chi connectivity index (χ0n) is 11.2. The van der Waals surface area contributed by atoms with E-state index in [1.165, 1.54) is 0 Å². The molecule has 2 aromatic carbocycles. The van der Waals surface area contributed by atoms with E-state index in [-0.39, 0.29) is 0 Å². The molecule has 0 spiro atoms. The Morgan fingerprint density at radius 2 is 1.95 bits per heavy atom. The highest BCUT2D eigenvalue weighted by Gasteiger charge is 2.10. The van der Waals surface area contributed by atoms with Crippen LogP contribution in [0.4, 0.5) is 11.6 Å². The maximum atomic E-state index is 8.93. The molecule has 0 fully saturated rings. The van der Waals surface area contributed by atoms with Gasteiger partial charge in [-0.1, -0.05) is 15.9 Å². The number of aromatic amines is 1. The van der Waals surface area contributed by atoms with Crippen LogP contribution in [0.15, 0.2) is 46.9 Å². The van der Waals surface area contributed by atoms with Crippen molar-refractivity contribution < 1.29 is 0 Å². The minimum Gasteiger partial charge on any atom is -0.325 e. The first kappa shape index (κ1) is 12.9. The van der Waals surface area contributed by atoms with Crippen LogP contribution in [0.5, 0.6) is 0 Å². The Kier molecular flexibility index (Phi) is 2.84. The molecule has 6 nitrogen and oxygen atoms in total. The molecule has 2 N–H and O–H groups in total. The molecule has 0 radical (unpaired) electrons. The van der Waals surface area contributed by atoms with Crippen molar-refractivity contribution >= 4 is 44.4 Å². The van der Waals surface area contributed by atoms with Crippen LogP contribution < -0.4 is 5.32 Å². The molecule has 2 heterocycles. The fourth-order valence-corrected chi connectivity index (χ4v) is 2.54. The molecule has 0 saturated heterocycles. The van der Waals surface area contributed by atoms with Gasteiger partial charge in [-0.25, -0.2) is 9.50 Å². The van der Waals surface area contributed by atoms with Gasteiger partial charge in [0.1, 0.15) is 0 Å². The zero-order valence-corrected chi connectivity index (χ0v) is 12.8. The Bertz CT molecular complexity index is 1020. The molecule has 0 aliphatic heterocycles. The quantitative estimate of drug-likeness (QED) is 0.577. The summed E-state index contributed by atoms with van der Waals surface area (Å²) in [4.78, 5) is 8.84. The third kappa shape index (κ3) is 2.10. The van der Waals surface area contributed by atoms with E-state index in [1.54, 1.807) is 16.6 Å². The summed E-state index contributed by atoms with van der Waals surface area (Å²) in [6.45, 7) is 0. The number of nitriles is 1. The monoisotopic (exact) mass is 352 g/mol. The van der Waals surface area contributed by atoms with E-state index in [4.69, 9.17) is 5.26 Å². The standard InChI is InChI=1S/C15H9BrN6/c16-10-2-4-11(5-3-10)18-14-20-15-19-12-7-9(8-17)1-6-13(12)22(15)21-14/h1-7H,(H2,18,19,20,21). The Hall–Kier alpha value is -2.85. The number of nitrogens with zero attached hydrogens (tertiary/aromatic N) is 4. The molecule has 0 aliphatic rings. The van der Waals surface area contributed by atoms with Gasteiger partial charge in [-0.2, -0.15) is 10.2 Å². The second-order valence-electron chi connectivity index (χ2n) is 4.77. The Morgan fingerprint density at radius 1 is 1.14 bits per heavy atom. The summed E-state index contributed by atoms with van der Waals surface area (Å²) in [6, 6.07) is 15.3. The summed E-state index contributed by atoms with van der Waals surface area (Å²) in [7, 11) is 0. The number of halogens is 1. The smallest absolute Gasteiger partial charge is 0.253 e. The van der Waals surface area contributed by atoms with Gasteiger partial charge < -0.3 is 5.32 Å². The number of fused-ring (bicyclic) bond motifs is 3. The first-order valence-corrected chi connectivity index (χ1v) is 7.33. The van der Waals surface area contributed by atoms with Gasteiger partial charge in [-0.15, -0.1) is 0 Å². The van der Waals surface area contributed by atoms with Crippen molar-refractivity contribution in [3.05, 3.63) is 52.5 Å². The van der Waals surface area contributed by atoms with Crippen LogP contribution in [-0.4, -0.2) is 19.6 Å². The van der Waals surface area contributed by atoms with Gasteiger partial charge in [0.15, 0.2) is 0 Å². The lowest BCUT2D eigenvalue weighted by Gasteiger charge is -2.01. The van der Waals surface area contributed by atoms with E-state index in [0.29, 0.717) is 17.3 Å². The molecule has 0 saturated carbocycles. The first-order valence-electron chi connectivity index (χ1n) is 6.54. The minimum absolute atomic E-state index is 0.560. The van der Waals surface area contributed by atoms with E-state index >= 15 is 0 Å². The molecule has 0 amide bonds. The van der Waals surface area contributed by atoms with Crippen molar-refractivity contribution in [2.24, 2.45) is 0 Å². The average Bonchev–Trinajstić information content (AvgIpc) is 3.05. The molecule has 7 heteroatoms. The van der Waals surface area contributed by atoms with E-state index in [2.05, 4.69) is 42.4 Å². The molecule has 0 aliphatic carbocycles. The summed E-state index contributed by atoms with van der Waals surface area (Å²) in [5, 5.41) is 15.3. The number of hydrogen-bond donors (Lipinski definition) is 2.